The van der Waals surface area contributed by atoms with E-state index in [0.717, 1.165) is 54.0 Å². The Morgan fingerprint density at radius 1 is 1.00 bits per heavy atom. The molecular formula is C22H22ClF6N3O6. The van der Waals surface area contributed by atoms with Crippen molar-refractivity contribution >= 4 is 29.4 Å². The lowest BCUT2D eigenvalue weighted by atomic mass is 10.1. The number of hydrogen-bond acceptors (Lipinski definition) is 7. The third kappa shape index (κ3) is 9.54. The molecule has 3 heterocycles. The van der Waals surface area contributed by atoms with Gasteiger partial charge in [0.2, 0.25) is 5.88 Å². The molecule has 210 valence electrons. The second-order valence-corrected chi connectivity index (χ2v) is 8.00. The van der Waals surface area contributed by atoms with E-state index < -0.39 is 24.3 Å². The maximum absolute atomic E-state index is 10.6. The molecule has 1 aromatic carbocycles. The van der Waals surface area contributed by atoms with Crippen LogP contribution in [0.4, 0.5) is 32.2 Å². The van der Waals surface area contributed by atoms with E-state index in [2.05, 4.69) is 22.3 Å². The van der Waals surface area contributed by atoms with Gasteiger partial charge in [-0.05, 0) is 18.2 Å². The fourth-order valence-electron chi connectivity index (χ4n) is 3.12. The molecule has 16 heteroatoms. The SMILES string of the molecule is Clc1ccccc1C1CN(c2ccc3c(n2)OCCNC3)CCO1.O=C(O)C(F)(F)F.O=C(O)C(F)(F)F. The van der Waals surface area contributed by atoms with Crippen LogP contribution in [0.1, 0.15) is 17.2 Å². The minimum Gasteiger partial charge on any atom is -0.476 e. The second kappa shape index (κ2) is 13.5. The smallest absolute Gasteiger partial charge is 0.476 e. The highest BCUT2D eigenvalue weighted by molar-refractivity contribution is 6.31. The summed E-state index contributed by atoms with van der Waals surface area (Å²) in [6, 6.07) is 12.0. The first-order valence-corrected chi connectivity index (χ1v) is 11.1. The van der Waals surface area contributed by atoms with Crippen molar-refractivity contribution in [1.29, 1.82) is 0 Å². The molecule has 1 unspecified atom stereocenters. The Morgan fingerprint density at radius 2 is 1.61 bits per heavy atom. The van der Waals surface area contributed by atoms with Crippen LogP contribution in [0.15, 0.2) is 36.4 Å². The van der Waals surface area contributed by atoms with Crippen molar-refractivity contribution in [2.75, 3.05) is 37.7 Å². The third-order valence-electron chi connectivity index (χ3n) is 4.89. The number of alkyl halides is 6. The number of anilines is 1. The summed E-state index contributed by atoms with van der Waals surface area (Å²) in [5.41, 5.74) is 2.13. The van der Waals surface area contributed by atoms with Crippen molar-refractivity contribution in [2.45, 2.75) is 25.0 Å². The molecule has 0 radical (unpaired) electrons. The van der Waals surface area contributed by atoms with Gasteiger partial charge in [-0.25, -0.2) is 9.59 Å². The number of rotatable bonds is 2. The van der Waals surface area contributed by atoms with Gasteiger partial charge < -0.3 is 29.9 Å². The molecule has 0 aliphatic carbocycles. The third-order valence-corrected chi connectivity index (χ3v) is 5.23. The van der Waals surface area contributed by atoms with Gasteiger partial charge in [-0.3, -0.25) is 0 Å². The van der Waals surface area contributed by atoms with Crippen molar-refractivity contribution in [1.82, 2.24) is 10.3 Å². The molecule has 0 bridgehead atoms. The summed E-state index contributed by atoms with van der Waals surface area (Å²) in [4.78, 5) is 24.7. The van der Waals surface area contributed by atoms with E-state index in [-0.39, 0.29) is 6.10 Å². The summed E-state index contributed by atoms with van der Waals surface area (Å²) >= 11 is 6.32. The summed E-state index contributed by atoms with van der Waals surface area (Å²) in [5.74, 6) is -3.85. The molecule has 1 aromatic heterocycles. The molecule has 2 aromatic rings. The Bertz CT molecular complexity index is 1080. The maximum atomic E-state index is 10.6. The van der Waals surface area contributed by atoms with E-state index in [1.807, 2.05) is 24.3 Å². The monoisotopic (exact) mass is 573 g/mol. The standard InChI is InChI=1S/C18H20ClN3O2.2C2HF3O2/c19-15-4-2-1-3-14(15)16-12-22(8-10-23-16)17-6-5-13-11-20-7-9-24-18(13)21-17;2*3-2(4,5)1(6)7/h1-6,16,20H,7-12H2;2*(H,6,7). The Kier molecular flexibility index (Phi) is 11.0. The normalized spacial score (nSPS) is 17.3. The minimum atomic E-state index is -5.08. The minimum absolute atomic E-state index is 0.0457. The number of hydrogen-bond donors (Lipinski definition) is 3. The van der Waals surface area contributed by atoms with Gasteiger partial charge in [0.1, 0.15) is 18.5 Å². The van der Waals surface area contributed by atoms with Crippen LogP contribution >= 0.6 is 11.6 Å². The number of halogens is 7. The molecule has 9 nitrogen and oxygen atoms in total. The van der Waals surface area contributed by atoms with Crippen molar-refractivity contribution in [3.63, 3.8) is 0 Å². The summed E-state index contributed by atoms with van der Waals surface area (Å²) in [5, 5.41) is 18.3. The summed E-state index contributed by atoms with van der Waals surface area (Å²) in [6.45, 7) is 4.48. The lowest BCUT2D eigenvalue weighted by molar-refractivity contribution is -0.193. The van der Waals surface area contributed by atoms with Crippen LogP contribution in [-0.4, -0.2) is 72.3 Å². The molecule has 0 amide bonds. The van der Waals surface area contributed by atoms with E-state index in [1.54, 1.807) is 0 Å². The molecule has 2 aliphatic heterocycles. The number of nitrogens with one attached hydrogen (secondary N) is 1. The Hall–Kier alpha value is -3.30. The van der Waals surface area contributed by atoms with Gasteiger partial charge >= 0.3 is 24.3 Å². The van der Waals surface area contributed by atoms with Gasteiger partial charge in [0.25, 0.3) is 0 Å². The Morgan fingerprint density at radius 3 is 2.18 bits per heavy atom. The topological polar surface area (TPSA) is 121 Å². The van der Waals surface area contributed by atoms with Crippen LogP contribution in [-0.2, 0) is 20.9 Å². The molecule has 3 N–H and O–H groups in total. The molecule has 0 spiro atoms. The number of benzene rings is 1. The first kappa shape index (κ1) is 30.9. The number of aromatic nitrogens is 1. The first-order chi connectivity index (χ1) is 17.7. The van der Waals surface area contributed by atoms with E-state index >= 15 is 0 Å². The zero-order chi connectivity index (χ0) is 28.5. The number of aliphatic carboxylic acids is 2. The predicted octanol–water partition coefficient (Wildman–Crippen LogP) is 4.06. The predicted molar refractivity (Wildman–Crippen MR) is 121 cm³/mol. The lowest BCUT2D eigenvalue weighted by Crippen LogP contribution is -2.39. The van der Waals surface area contributed by atoms with Gasteiger partial charge in [0, 0.05) is 42.3 Å². The number of fused-ring (bicyclic) bond motifs is 1. The average molecular weight is 574 g/mol. The zero-order valence-corrected chi connectivity index (χ0v) is 20.1. The van der Waals surface area contributed by atoms with Gasteiger partial charge in [-0.1, -0.05) is 29.8 Å². The van der Waals surface area contributed by atoms with E-state index in [1.165, 1.54) is 0 Å². The fourth-order valence-corrected chi connectivity index (χ4v) is 3.38. The van der Waals surface area contributed by atoms with Crippen LogP contribution in [0.5, 0.6) is 5.88 Å². The van der Waals surface area contributed by atoms with Gasteiger partial charge in [-0.15, -0.1) is 0 Å². The van der Waals surface area contributed by atoms with Crippen molar-refractivity contribution in [3.05, 3.63) is 52.5 Å². The summed E-state index contributed by atoms with van der Waals surface area (Å²) < 4.78 is 75.2. The van der Waals surface area contributed by atoms with E-state index in [0.29, 0.717) is 13.2 Å². The Labute approximate surface area is 216 Å². The largest absolute Gasteiger partial charge is 0.490 e. The van der Waals surface area contributed by atoms with Crippen molar-refractivity contribution < 1.29 is 55.6 Å². The Balaban J connectivity index is 0.000000301. The first-order valence-electron chi connectivity index (χ1n) is 10.7. The fraction of sp³-hybridized carbons (Fsp3) is 0.409. The van der Waals surface area contributed by atoms with Crippen LogP contribution in [0.3, 0.4) is 0 Å². The van der Waals surface area contributed by atoms with Crippen LogP contribution in [0.25, 0.3) is 0 Å². The van der Waals surface area contributed by atoms with Gasteiger partial charge in [0.05, 0.1) is 6.61 Å². The zero-order valence-electron chi connectivity index (χ0n) is 19.4. The maximum Gasteiger partial charge on any atom is 0.490 e. The molecule has 38 heavy (non-hydrogen) atoms. The average Bonchev–Trinajstić information content (AvgIpc) is 3.09. The number of pyridine rings is 1. The number of carbonyl (C=O) groups is 2. The number of nitrogens with zero attached hydrogens (tertiary/aromatic N) is 2. The van der Waals surface area contributed by atoms with Crippen molar-refractivity contribution in [3.8, 4) is 5.88 Å². The highest BCUT2D eigenvalue weighted by Gasteiger charge is 2.38. The van der Waals surface area contributed by atoms with Crippen LogP contribution < -0.4 is 15.0 Å². The highest BCUT2D eigenvalue weighted by Crippen LogP contribution is 2.31. The quantitative estimate of drug-likeness (QED) is 0.457. The molecule has 4 rings (SSSR count). The molecular weight excluding hydrogens is 552 g/mol. The van der Waals surface area contributed by atoms with E-state index in [9.17, 15) is 26.3 Å². The van der Waals surface area contributed by atoms with Gasteiger partial charge in [0.15, 0.2) is 0 Å². The van der Waals surface area contributed by atoms with E-state index in [4.69, 9.17) is 45.9 Å². The van der Waals surface area contributed by atoms with Crippen LogP contribution in [0, 0.1) is 0 Å². The lowest BCUT2D eigenvalue weighted by Gasteiger charge is -2.34. The number of carboxylic acids is 2. The number of carboxylic acid groups (broad SMARTS) is 2. The summed E-state index contributed by atoms with van der Waals surface area (Å²) in [7, 11) is 0. The highest BCUT2D eigenvalue weighted by atomic mass is 35.5. The number of morpholine rings is 1. The molecule has 1 saturated heterocycles. The number of ether oxygens (including phenoxy) is 2. The van der Waals surface area contributed by atoms with Crippen molar-refractivity contribution in [2.24, 2.45) is 0 Å². The van der Waals surface area contributed by atoms with Gasteiger partial charge in [-0.2, -0.15) is 31.3 Å². The molecule has 0 saturated carbocycles. The molecule has 1 atom stereocenters. The van der Waals surface area contributed by atoms with Crippen LogP contribution in [0.2, 0.25) is 5.02 Å². The second-order valence-electron chi connectivity index (χ2n) is 7.59. The summed E-state index contributed by atoms with van der Waals surface area (Å²) in [6.07, 6.45) is -10.2. The molecule has 2 aliphatic rings. The molecule has 1 fully saturated rings.